The Morgan fingerprint density at radius 1 is 1.03 bits per heavy atom. The third-order valence-electron chi connectivity index (χ3n) is 6.25. The summed E-state index contributed by atoms with van der Waals surface area (Å²) in [7, 11) is 0. The molecule has 0 aliphatic heterocycles. The van der Waals surface area contributed by atoms with Gasteiger partial charge in [-0.2, -0.15) is 0 Å². The SMILES string of the molecule is CCN(c1cccc2ccccc12)C1CCCC(c2ccc(C(=O)NO)cc2)C1. The first-order valence-electron chi connectivity index (χ1n) is 10.5. The van der Waals surface area contributed by atoms with Gasteiger partial charge < -0.3 is 4.90 Å². The van der Waals surface area contributed by atoms with E-state index >= 15 is 0 Å². The Hall–Kier alpha value is -2.85. The van der Waals surface area contributed by atoms with Crippen LogP contribution in [0.4, 0.5) is 5.69 Å². The van der Waals surface area contributed by atoms with Gasteiger partial charge in [0.2, 0.25) is 0 Å². The summed E-state index contributed by atoms with van der Waals surface area (Å²) in [6, 6.07) is 23.4. The lowest BCUT2D eigenvalue weighted by Gasteiger charge is -2.39. The molecule has 2 atom stereocenters. The second-order valence-electron chi connectivity index (χ2n) is 7.86. The summed E-state index contributed by atoms with van der Waals surface area (Å²) in [5, 5.41) is 11.4. The van der Waals surface area contributed by atoms with Gasteiger partial charge >= 0.3 is 0 Å². The Balaban J connectivity index is 1.57. The zero-order valence-corrected chi connectivity index (χ0v) is 16.8. The van der Waals surface area contributed by atoms with Gasteiger partial charge in [-0.1, -0.05) is 55.0 Å². The largest absolute Gasteiger partial charge is 0.368 e. The van der Waals surface area contributed by atoms with E-state index in [4.69, 9.17) is 5.21 Å². The van der Waals surface area contributed by atoms with Crippen molar-refractivity contribution < 1.29 is 10.0 Å². The van der Waals surface area contributed by atoms with Crippen LogP contribution in [0.1, 0.15) is 54.4 Å². The Bertz CT molecular complexity index is 978. The minimum atomic E-state index is -0.466. The van der Waals surface area contributed by atoms with E-state index in [9.17, 15) is 4.79 Å². The molecule has 4 nitrogen and oxygen atoms in total. The van der Waals surface area contributed by atoms with Crippen LogP contribution in [-0.4, -0.2) is 23.7 Å². The Kier molecular flexibility index (Phi) is 5.81. The molecule has 3 aromatic carbocycles. The summed E-state index contributed by atoms with van der Waals surface area (Å²) in [5.74, 6) is 0.0233. The number of fused-ring (bicyclic) bond motifs is 1. The standard InChI is InChI=1S/C25H28N2O2/c1-2-27(24-12-6-8-19-7-3-4-11-23(19)24)22-10-5-9-21(17-22)18-13-15-20(16-14-18)25(28)26-29/h3-4,6-8,11-16,21-22,29H,2,5,9-10,17H2,1H3,(H,26,28). The van der Waals surface area contributed by atoms with E-state index in [2.05, 4.69) is 54.3 Å². The molecule has 0 bridgehead atoms. The van der Waals surface area contributed by atoms with Crippen molar-refractivity contribution >= 4 is 22.4 Å². The van der Waals surface area contributed by atoms with Crippen LogP contribution < -0.4 is 10.4 Å². The van der Waals surface area contributed by atoms with Gasteiger partial charge in [0.1, 0.15) is 0 Å². The second kappa shape index (κ2) is 8.66. The molecule has 0 saturated heterocycles. The minimum absolute atomic E-state index is 0.466. The number of rotatable bonds is 5. The lowest BCUT2D eigenvalue weighted by atomic mass is 9.80. The molecule has 1 fully saturated rings. The van der Waals surface area contributed by atoms with Gasteiger partial charge in [-0.15, -0.1) is 0 Å². The molecule has 4 rings (SSSR count). The van der Waals surface area contributed by atoms with Crippen LogP contribution in [0.3, 0.4) is 0 Å². The van der Waals surface area contributed by atoms with Crippen molar-refractivity contribution in [2.45, 2.75) is 44.6 Å². The normalized spacial score (nSPS) is 19.1. The second-order valence-corrected chi connectivity index (χ2v) is 7.86. The third-order valence-corrected chi connectivity index (χ3v) is 6.25. The zero-order valence-electron chi connectivity index (χ0n) is 16.8. The van der Waals surface area contributed by atoms with Crippen LogP contribution >= 0.6 is 0 Å². The van der Waals surface area contributed by atoms with Gasteiger partial charge in [0.25, 0.3) is 5.91 Å². The highest BCUT2D eigenvalue weighted by atomic mass is 16.5. The van der Waals surface area contributed by atoms with E-state index in [-0.39, 0.29) is 0 Å². The van der Waals surface area contributed by atoms with E-state index in [0.29, 0.717) is 17.5 Å². The van der Waals surface area contributed by atoms with Crippen molar-refractivity contribution in [3.05, 3.63) is 77.9 Å². The summed E-state index contributed by atoms with van der Waals surface area (Å²) in [6.45, 7) is 3.23. The molecule has 2 N–H and O–H groups in total. The summed E-state index contributed by atoms with van der Waals surface area (Å²) >= 11 is 0. The summed E-state index contributed by atoms with van der Waals surface area (Å²) < 4.78 is 0. The van der Waals surface area contributed by atoms with Crippen LogP contribution in [0.5, 0.6) is 0 Å². The number of nitrogens with zero attached hydrogens (tertiary/aromatic N) is 1. The molecule has 1 aliphatic carbocycles. The number of carbonyl (C=O) groups is 1. The molecule has 0 heterocycles. The molecule has 0 aromatic heterocycles. The number of hydrogen-bond donors (Lipinski definition) is 2. The van der Waals surface area contributed by atoms with E-state index in [1.165, 1.54) is 41.3 Å². The van der Waals surface area contributed by atoms with Crippen LogP contribution in [-0.2, 0) is 0 Å². The van der Waals surface area contributed by atoms with Crippen LogP contribution in [0.15, 0.2) is 66.7 Å². The monoisotopic (exact) mass is 388 g/mol. The number of amides is 1. The Labute approximate surface area is 172 Å². The fourth-order valence-corrected chi connectivity index (χ4v) is 4.81. The third kappa shape index (κ3) is 3.99. The molecule has 150 valence electrons. The van der Waals surface area contributed by atoms with Crippen molar-refractivity contribution in [3.63, 3.8) is 0 Å². The smallest absolute Gasteiger partial charge is 0.274 e. The number of nitrogens with one attached hydrogen (secondary N) is 1. The zero-order chi connectivity index (χ0) is 20.2. The van der Waals surface area contributed by atoms with Crippen LogP contribution in [0.25, 0.3) is 10.8 Å². The summed E-state index contributed by atoms with van der Waals surface area (Å²) in [4.78, 5) is 14.1. The summed E-state index contributed by atoms with van der Waals surface area (Å²) in [6.07, 6.45) is 4.70. The predicted octanol–water partition coefficient (Wildman–Crippen LogP) is 5.51. The molecule has 0 radical (unpaired) electrons. The van der Waals surface area contributed by atoms with Gasteiger partial charge in [0.15, 0.2) is 0 Å². The van der Waals surface area contributed by atoms with Gasteiger partial charge in [-0.25, -0.2) is 5.48 Å². The fraction of sp³-hybridized carbons (Fsp3) is 0.320. The lowest BCUT2D eigenvalue weighted by Crippen LogP contribution is -2.38. The number of benzene rings is 3. The molecule has 3 aromatic rings. The molecule has 1 saturated carbocycles. The first kappa shape index (κ1) is 19.5. The Morgan fingerprint density at radius 2 is 1.79 bits per heavy atom. The molecule has 2 unspecified atom stereocenters. The molecule has 29 heavy (non-hydrogen) atoms. The topological polar surface area (TPSA) is 52.6 Å². The maximum absolute atomic E-state index is 11.6. The van der Waals surface area contributed by atoms with Crippen molar-refractivity contribution in [1.82, 2.24) is 5.48 Å². The first-order valence-corrected chi connectivity index (χ1v) is 10.5. The molecule has 1 amide bonds. The van der Waals surface area contributed by atoms with E-state index < -0.39 is 5.91 Å². The molecular weight excluding hydrogens is 360 g/mol. The number of anilines is 1. The van der Waals surface area contributed by atoms with E-state index in [0.717, 1.165) is 13.0 Å². The van der Waals surface area contributed by atoms with Crippen molar-refractivity contribution in [3.8, 4) is 0 Å². The van der Waals surface area contributed by atoms with Gasteiger partial charge in [-0.3, -0.25) is 10.0 Å². The summed E-state index contributed by atoms with van der Waals surface area (Å²) in [5.41, 5.74) is 4.78. The lowest BCUT2D eigenvalue weighted by molar-refractivity contribution is 0.0706. The van der Waals surface area contributed by atoms with E-state index in [1.807, 2.05) is 12.1 Å². The minimum Gasteiger partial charge on any atom is -0.368 e. The van der Waals surface area contributed by atoms with Gasteiger partial charge in [-0.05, 0) is 61.3 Å². The first-order chi connectivity index (χ1) is 14.2. The average Bonchev–Trinajstić information content (AvgIpc) is 2.79. The highest BCUT2D eigenvalue weighted by molar-refractivity contribution is 5.94. The quantitative estimate of drug-likeness (QED) is 0.447. The van der Waals surface area contributed by atoms with Gasteiger partial charge in [0.05, 0.1) is 0 Å². The van der Waals surface area contributed by atoms with E-state index in [1.54, 1.807) is 17.6 Å². The van der Waals surface area contributed by atoms with Crippen molar-refractivity contribution in [2.75, 3.05) is 11.4 Å². The van der Waals surface area contributed by atoms with Crippen LogP contribution in [0, 0.1) is 0 Å². The highest BCUT2D eigenvalue weighted by Gasteiger charge is 2.28. The van der Waals surface area contributed by atoms with Crippen molar-refractivity contribution in [2.24, 2.45) is 0 Å². The highest BCUT2D eigenvalue weighted by Crippen LogP contribution is 2.38. The molecular formula is C25H28N2O2. The fourth-order valence-electron chi connectivity index (χ4n) is 4.81. The molecule has 1 aliphatic rings. The average molecular weight is 389 g/mol. The molecule has 4 heteroatoms. The van der Waals surface area contributed by atoms with Crippen LogP contribution in [0.2, 0.25) is 0 Å². The maximum Gasteiger partial charge on any atom is 0.274 e. The Morgan fingerprint density at radius 3 is 2.55 bits per heavy atom. The van der Waals surface area contributed by atoms with Crippen molar-refractivity contribution in [1.29, 1.82) is 0 Å². The number of carbonyl (C=O) groups excluding carboxylic acids is 1. The number of hydrogen-bond acceptors (Lipinski definition) is 3. The van der Waals surface area contributed by atoms with Gasteiger partial charge in [0, 0.05) is 29.2 Å². The maximum atomic E-state index is 11.6. The predicted molar refractivity (Wildman–Crippen MR) is 118 cm³/mol. The number of hydroxylamine groups is 1. The molecule has 0 spiro atoms.